The smallest absolute Gasteiger partial charge is 0.410 e. The lowest BCUT2D eigenvalue weighted by Crippen LogP contribution is -2.47. The van der Waals surface area contributed by atoms with Gasteiger partial charge in [0.15, 0.2) is 0 Å². The highest BCUT2D eigenvalue weighted by Gasteiger charge is 2.43. The van der Waals surface area contributed by atoms with Crippen LogP contribution < -0.4 is 0 Å². The molecule has 0 saturated carbocycles. The van der Waals surface area contributed by atoms with Crippen molar-refractivity contribution in [2.75, 3.05) is 0 Å². The molecule has 2 aliphatic rings. The Kier molecular flexibility index (Phi) is 2.67. The quantitative estimate of drug-likeness (QED) is 0.663. The van der Waals surface area contributed by atoms with E-state index in [4.69, 9.17) is 4.74 Å². The summed E-state index contributed by atoms with van der Waals surface area (Å²) in [6, 6.07) is 0.199. The lowest BCUT2D eigenvalue weighted by Gasteiger charge is -2.33. The van der Waals surface area contributed by atoms with Crippen molar-refractivity contribution in [3.8, 4) is 0 Å². The molecule has 0 aromatic rings. The van der Waals surface area contributed by atoms with Gasteiger partial charge in [-0.2, -0.15) is 0 Å². The van der Waals surface area contributed by atoms with Crippen molar-refractivity contribution in [3.05, 3.63) is 0 Å². The SMILES string of the molecule is CC(C)OC(=O)N1[C@H]2CC[C@H]1CC(=O)C2. The van der Waals surface area contributed by atoms with Crippen LogP contribution in [0.15, 0.2) is 0 Å². The second-order valence-electron chi connectivity index (χ2n) is 4.67. The van der Waals surface area contributed by atoms with E-state index in [0.717, 1.165) is 12.8 Å². The summed E-state index contributed by atoms with van der Waals surface area (Å²) in [5, 5.41) is 0. The molecule has 4 heteroatoms. The molecule has 2 rings (SSSR count). The van der Waals surface area contributed by atoms with Crippen LogP contribution in [0.3, 0.4) is 0 Å². The second kappa shape index (κ2) is 3.83. The summed E-state index contributed by atoms with van der Waals surface area (Å²) in [6.07, 6.45) is 2.60. The van der Waals surface area contributed by atoms with Crippen molar-refractivity contribution in [2.45, 2.75) is 57.7 Å². The number of carbonyl (C=O) groups is 2. The van der Waals surface area contributed by atoms with E-state index in [-0.39, 0.29) is 30.1 Å². The summed E-state index contributed by atoms with van der Waals surface area (Å²) in [6.45, 7) is 3.68. The average molecular weight is 211 g/mol. The van der Waals surface area contributed by atoms with Gasteiger partial charge in [0.05, 0.1) is 6.10 Å². The molecule has 2 saturated heterocycles. The molecule has 1 amide bonds. The molecule has 0 aromatic carbocycles. The molecule has 0 radical (unpaired) electrons. The summed E-state index contributed by atoms with van der Waals surface area (Å²) in [7, 11) is 0. The summed E-state index contributed by atoms with van der Waals surface area (Å²) < 4.78 is 5.18. The van der Waals surface area contributed by atoms with Crippen molar-refractivity contribution in [2.24, 2.45) is 0 Å². The third kappa shape index (κ3) is 1.98. The maximum Gasteiger partial charge on any atom is 0.410 e. The maximum atomic E-state index is 11.8. The molecule has 0 unspecified atom stereocenters. The first-order valence-electron chi connectivity index (χ1n) is 5.58. The molecular weight excluding hydrogens is 194 g/mol. The fourth-order valence-electron chi connectivity index (χ4n) is 2.53. The van der Waals surface area contributed by atoms with Gasteiger partial charge < -0.3 is 9.64 Å². The number of amides is 1. The molecule has 84 valence electrons. The van der Waals surface area contributed by atoms with E-state index in [9.17, 15) is 9.59 Å². The molecule has 2 fully saturated rings. The standard InChI is InChI=1S/C11H17NO3/c1-7(2)15-11(14)12-8-3-4-9(12)6-10(13)5-8/h7-9H,3-6H2,1-2H3/t8-,9-/m0/s1. The number of rotatable bonds is 1. The number of ether oxygens (including phenoxy) is 1. The average Bonchev–Trinajstić information content (AvgIpc) is 2.38. The highest BCUT2D eigenvalue weighted by atomic mass is 16.6. The van der Waals surface area contributed by atoms with Crippen molar-refractivity contribution < 1.29 is 14.3 Å². The van der Waals surface area contributed by atoms with Crippen LogP contribution in [0.1, 0.15) is 39.5 Å². The molecule has 15 heavy (non-hydrogen) atoms. The summed E-state index contributed by atoms with van der Waals surface area (Å²) in [5.41, 5.74) is 0. The van der Waals surface area contributed by atoms with Gasteiger partial charge in [-0.25, -0.2) is 4.79 Å². The monoisotopic (exact) mass is 211 g/mol. The lowest BCUT2D eigenvalue weighted by molar-refractivity contribution is -0.123. The van der Waals surface area contributed by atoms with Crippen molar-refractivity contribution >= 4 is 11.9 Å². The van der Waals surface area contributed by atoms with Crippen LogP contribution in [0.2, 0.25) is 0 Å². The molecule has 2 aliphatic heterocycles. The molecule has 2 heterocycles. The van der Waals surface area contributed by atoms with Crippen LogP contribution in [0.25, 0.3) is 0 Å². The Bertz CT molecular complexity index is 272. The normalized spacial score (nSPS) is 29.8. The summed E-state index contributed by atoms with van der Waals surface area (Å²) >= 11 is 0. The molecule has 0 aliphatic carbocycles. The Labute approximate surface area is 89.6 Å². The van der Waals surface area contributed by atoms with E-state index in [0.29, 0.717) is 12.8 Å². The van der Waals surface area contributed by atoms with Gasteiger partial charge in [-0.15, -0.1) is 0 Å². The maximum absolute atomic E-state index is 11.8. The molecular formula is C11H17NO3. The minimum Gasteiger partial charge on any atom is -0.447 e. The van der Waals surface area contributed by atoms with Crippen LogP contribution in [-0.2, 0) is 9.53 Å². The number of ketones is 1. The highest BCUT2D eigenvalue weighted by Crippen LogP contribution is 2.34. The molecule has 4 nitrogen and oxygen atoms in total. The zero-order valence-corrected chi connectivity index (χ0v) is 9.23. The topological polar surface area (TPSA) is 46.6 Å². The predicted octanol–water partition coefficient (Wildman–Crippen LogP) is 1.73. The second-order valence-corrected chi connectivity index (χ2v) is 4.67. The van der Waals surface area contributed by atoms with Gasteiger partial charge >= 0.3 is 6.09 Å². The number of nitrogens with zero attached hydrogens (tertiary/aromatic N) is 1. The molecule has 2 bridgehead atoms. The summed E-state index contributed by atoms with van der Waals surface area (Å²) in [5.74, 6) is 0.288. The molecule has 0 aromatic heterocycles. The first kappa shape index (κ1) is 10.5. The van der Waals surface area contributed by atoms with Crippen LogP contribution in [0, 0.1) is 0 Å². The minimum atomic E-state index is -0.245. The lowest BCUT2D eigenvalue weighted by atomic mass is 10.0. The van der Waals surface area contributed by atoms with Gasteiger partial charge in [-0.3, -0.25) is 4.79 Å². The Morgan fingerprint density at radius 2 is 1.87 bits per heavy atom. The number of fused-ring (bicyclic) bond motifs is 2. The number of carbonyl (C=O) groups excluding carboxylic acids is 2. The van der Waals surface area contributed by atoms with E-state index in [1.807, 2.05) is 13.8 Å². The van der Waals surface area contributed by atoms with E-state index in [1.165, 1.54) is 0 Å². The number of hydrogen-bond acceptors (Lipinski definition) is 3. The van der Waals surface area contributed by atoms with Crippen LogP contribution in [0.5, 0.6) is 0 Å². The Hall–Kier alpha value is -1.06. The van der Waals surface area contributed by atoms with E-state index in [1.54, 1.807) is 4.90 Å². The molecule has 0 spiro atoms. The third-order valence-electron chi connectivity index (χ3n) is 3.09. The minimum absolute atomic E-state index is 0.0884. The van der Waals surface area contributed by atoms with Gasteiger partial charge in [-0.1, -0.05) is 0 Å². The Balaban J connectivity index is 2.04. The van der Waals surface area contributed by atoms with Crippen LogP contribution >= 0.6 is 0 Å². The van der Waals surface area contributed by atoms with Crippen molar-refractivity contribution in [1.29, 1.82) is 0 Å². The molecule has 2 atom stereocenters. The van der Waals surface area contributed by atoms with Crippen molar-refractivity contribution in [1.82, 2.24) is 4.90 Å². The number of piperidine rings is 1. The van der Waals surface area contributed by atoms with Gasteiger partial charge in [0, 0.05) is 24.9 Å². The van der Waals surface area contributed by atoms with Crippen molar-refractivity contribution in [3.63, 3.8) is 0 Å². The largest absolute Gasteiger partial charge is 0.447 e. The number of hydrogen-bond donors (Lipinski definition) is 0. The Morgan fingerprint density at radius 1 is 1.33 bits per heavy atom. The van der Waals surface area contributed by atoms with E-state index in [2.05, 4.69) is 0 Å². The zero-order valence-electron chi connectivity index (χ0n) is 9.23. The number of Topliss-reactive ketones (excluding diaryl/α,β-unsaturated/α-hetero) is 1. The predicted molar refractivity (Wildman–Crippen MR) is 54.5 cm³/mol. The van der Waals surface area contributed by atoms with E-state index < -0.39 is 0 Å². The Morgan fingerprint density at radius 3 is 2.33 bits per heavy atom. The van der Waals surface area contributed by atoms with Crippen LogP contribution in [0.4, 0.5) is 4.79 Å². The first-order valence-corrected chi connectivity index (χ1v) is 5.58. The highest BCUT2D eigenvalue weighted by molar-refractivity contribution is 5.83. The van der Waals surface area contributed by atoms with Gasteiger partial charge in [0.25, 0.3) is 0 Å². The fraction of sp³-hybridized carbons (Fsp3) is 0.818. The fourth-order valence-corrected chi connectivity index (χ4v) is 2.53. The zero-order chi connectivity index (χ0) is 11.0. The first-order chi connectivity index (χ1) is 7.08. The van der Waals surface area contributed by atoms with Crippen LogP contribution in [-0.4, -0.2) is 35.0 Å². The van der Waals surface area contributed by atoms with E-state index >= 15 is 0 Å². The molecule has 0 N–H and O–H groups in total. The van der Waals surface area contributed by atoms with Gasteiger partial charge in [0.2, 0.25) is 0 Å². The van der Waals surface area contributed by atoms with Gasteiger partial charge in [-0.05, 0) is 26.7 Å². The van der Waals surface area contributed by atoms with Gasteiger partial charge in [0.1, 0.15) is 5.78 Å². The third-order valence-corrected chi connectivity index (χ3v) is 3.09. The summed E-state index contributed by atoms with van der Waals surface area (Å²) in [4.78, 5) is 24.9.